The van der Waals surface area contributed by atoms with Crippen molar-refractivity contribution in [2.75, 3.05) is 40.3 Å². The van der Waals surface area contributed by atoms with E-state index in [9.17, 15) is 13.6 Å². The number of halogens is 2. The summed E-state index contributed by atoms with van der Waals surface area (Å²) < 4.78 is 29.3. The van der Waals surface area contributed by atoms with Crippen LogP contribution in [-0.2, 0) is 7.05 Å². The summed E-state index contributed by atoms with van der Waals surface area (Å²) in [4.78, 5) is 18.1. The first kappa shape index (κ1) is 17.3. The summed E-state index contributed by atoms with van der Waals surface area (Å²) in [5.41, 5.74) is 1.29. The van der Waals surface area contributed by atoms with Crippen molar-refractivity contribution in [3.05, 3.63) is 17.5 Å². The zero-order chi connectivity index (χ0) is 17.6. The van der Waals surface area contributed by atoms with Crippen LogP contribution in [-0.4, -0.2) is 88.7 Å². The number of carbonyl (C=O) groups excluding carboxylic acids is 1. The van der Waals surface area contributed by atoms with Crippen LogP contribution >= 0.6 is 0 Å². The molecule has 134 valence electrons. The smallest absolute Gasteiger partial charge is 0.262 e. The zero-order valence-corrected chi connectivity index (χ0v) is 14.7. The molecule has 2 aliphatic heterocycles. The van der Waals surface area contributed by atoms with Gasteiger partial charge in [0.2, 0.25) is 0 Å². The molecule has 2 fully saturated rings. The minimum absolute atomic E-state index is 0.0178. The number of amides is 1. The highest BCUT2D eigenvalue weighted by molar-refractivity contribution is 5.95. The van der Waals surface area contributed by atoms with Crippen molar-refractivity contribution < 1.29 is 13.6 Å². The highest BCUT2D eigenvalue weighted by Gasteiger charge is 2.50. The molecule has 24 heavy (non-hydrogen) atoms. The molecule has 6 nitrogen and oxygen atoms in total. The third-order valence-corrected chi connectivity index (χ3v) is 4.86. The summed E-state index contributed by atoms with van der Waals surface area (Å²) in [6.07, 6.45) is 1.61. The topological polar surface area (TPSA) is 44.6 Å². The summed E-state index contributed by atoms with van der Waals surface area (Å²) in [6.45, 7) is 3.23. The highest BCUT2D eigenvalue weighted by atomic mass is 19.3. The molecule has 0 spiro atoms. The summed E-state index contributed by atoms with van der Waals surface area (Å²) >= 11 is 0. The fraction of sp³-hybridized carbons (Fsp3) is 0.750. The first-order valence-corrected chi connectivity index (χ1v) is 8.24. The highest BCUT2D eigenvalue weighted by Crippen LogP contribution is 2.35. The van der Waals surface area contributed by atoms with Gasteiger partial charge in [-0.3, -0.25) is 14.4 Å². The minimum Gasteiger partial charge on any atom is -0.335 e. The van der Waals surface area contributed by atoms with Gasteiger partial charge >= 0.3 is 0 Å². The molecule has 2 aliphatic rings. The molecule has 1 atom stereocenters. The van der Waals surface area contributed by atoms with Crippen molar-refractivity contribution in [2.45, 2.75) is 31.4 Å². The van der Waals surface area contributed by atoms with E-state index in [1.54, 1.807) is 29.7 Å². The Balaban J connectivity index is 1.62. The molecule has 1 aromatic heterocycles. The number of rotatable bonds is 4. The molecule has 1 aromatic rings. The Hall–Kier alpha value is -1.54. The normalized spacial score (nSPS) is 24.6. The number of alkyl halides is 2. The molecule has 0 aliphatic carbocycles. The summed E-state index contributed by atoms with van der Waals surface area (Å²) in [5, 5.41) is 4.19. The molecule has 0 N–H and O–H groups in total. The van der Waals surface area contributed by atoms with Crippen LogP contribution in [0.5, 0.6) is 0 Å². The van der Waals surface area contributed by atoms with Crippen LogP contribution < -0.4 is 0 Å². The number of hydrogen-bond acceptors (Lipinski definition) is 4. The third kappa shape index (κ3) is 3.30. The van der Waals surface area contributed by atoms with E-state index in [4.69, 9.17) is 0 Å². The van der Waals surface area contributed by atoms with E-state index in [2.05, 4.69) is 5.10 Å². The maximum absolute atomic E-state index is 13.8. The molecule has 8 heteroatoms. The van der Waals surface area contributed by atoms with Crippen molar-refractivity contribution in [1.29, 1.82) is 0 Å². The van der Waals surface area contributed by atoms with E-state index in [0.717, 1.165) is 0 Å². The fourth-order valence-corrected chi connectivity index (χ4v) is 3.75. The van der Waals surface area contributed by atoms with Gasteiger partial charge in [0.15, 0.2) is 0 Å². The zero-order valence-electron chi connectivity index (χ0n) is 14.7. The Morgan fingerprint density at radius 1 is 1.42 bits per heavy atom. The van der Waals surface area contributed by atoms with Crippen LogP contribution in [0, 0.1) is 6.92 Å². The maximum Gasteiger partial charge on any atom is 0.262 e. The molecule has 3 rings (SSSR count). The van der Waals surface area contributed by atoms with Gasteiger partial charge in [-0.15, -0.1) is 0 Å². The Bertz CT molecular complexity index is 624. The lowest BCUT2D eigenvalue weighted by Crippen LogP contribution is -2.63. The van der Waals surface area contributed by atoms with E-state index in [-0.39, 0.29) is 31.0 Å². The summed E-state index contributed by atoms with van der Waals surface area (Å²) in [5.74, 6) is -2.70. The van der Waals surface area contributed by atoms with Gasteiger partial charge < -0.3 is 9.80 Å². The standard InChI is InChI=1S/C16H25F2N5O/c1-11-14(9-21(4)19-11)15(24)22-7-13(8-22)23-10-16(17,18)5-12(23)6-20(2)3/h9,12-13H,5-8,10H2,1-4H3/t12-/m0/s1. The van der Waals surface area contributed by atoms with Crippen molar-refractivity contribution in [3.63, 3.8) is 0 Å². The molecule has 0 bridgehead atoms. The summed E-state index contributed by atoms with van der Waals surface area (Å²) in [7, 11) is 5.58. The second-order valence-electron chi connectivity index (χ2n) is 7.31. The Kier molecular flexibility index (Phi) is 4.37. The van der Waals surface area contributed by atoms with Crippen LogP contribution in [0.3, 0.4) is 0 Å². The second-order valence-corrected chi connectivity index (χ2v) is 7.31. The lowest BCUT2D eigenvalue weighted by Gasteiger charge is -2.46. The van der Waals surface area contributed by atoms with Crippen LogP contribution in [0.1, 0.15) is 22.5 Å². The predicted octanol–water partition coefficient (Wildman–Crippen LogP) is 0.824. The van der Waals surface area contributed by atoms with Gasteiger partial charge in [0.05, 0.1) is 17.8 Å². The number of aryl methyl sites for hydroxylation is 2. The third-order valence-electron chi connectivity index (χ3n) is 4.86. The van der Waals surface area contributed by atoms with Crippen LogP contribution in [0.15, 0.2) is 6.20 Å². The van der Waals surface area contributed by atoms with Crippen molar-refractivity contribution in [1.82, 2.24) is 24.5 Å². The van der Waals surface area contributed by atoms with Crippen molar-refractivity contribution >= 4 is 5.91 Å². The second kappa shape index (κ2) is 6.07. The molecule has 1 amide bonds. The van der Waals surface area contributed by atoms with Gasteiger partial charge in [-0.25, -0.2) is 8.78 Å². The molecule has 0 aromatic carbocycles. The van der Waals surface area contributed by atoms with Gasteiger partial charge in [-0.2, -0.15) is 5.10 Å². The van der Waals surface area contributed by atoms with Crippen LogP contribution in [0.25, 0.3) is 0 Å². The van der Waals surface area contributed by atoms with E-state index < -0.39 is 5.92 Å². The van der Waals surface area contributed by atoms with Gasteiger partial charge in [0, 0.05) is 51.4 Å². The van der Waals surface area contributed by atoms with Crippen LogP contribution in [0.2, 0.25) is 0 Å². The monoisotopic (exact) mass is 341 g/mol. The van der Waals surface area contributed by atoms with E-state index in [1.807, 2.05) is 23.9 Å². The Morgan fingerprint density at radius 2 is 2.08 bits per heavy atom. The molecule has 3 heterocycles. The lowest BCUT2D eigenvalue weighted by atomic mass is 10.0. The van der Waals surface area contributed by atoms with E-state index in [1.165, 1.54) is 0 Å². The molecule has 0 saturated carbocycles. The molecular formula is C16H25F2N5O. The average molecular weight is 341 g/mol. The van der Waals surface area contributed by atoms with Crippen molar-refractivity contribution in [2.24, 2.45) is 7.05 Å². The first-order valence-electron chi connectivity index (χ1n) is 8.24. The Morgan fingerprint density at radius 3 is 2.62 bits per heavy atom. The maximum atomic E-state index is 13.8. The first-order chi connectivity index (χ1) is 11.2. The minimum atomic E-state index is -2.63. The Labute approximate surface area is 141 Å². The van der Waals surface area contributed by atoms with Crippen LogP contribution in [0.4, 0.5) is 8.78 Å². The van der Waals surface area contributed by atoms with E-state index >= 15 is 0 Å². The largest absolute Gasteiger partial charge is 0.335 e. The SMILES string of the molecule is Cc1nn(C)cc1C(=O)N1CC(N2CC(F)(F)C[C@H]2CN(C)C)C1. The number of likely N-dealkylation sites (tertiary alicyclic amines) is 2. The number of aromatic nitrogens is 2. The number of nitrogens with zero attached hydrogens (tertiary/aromatic N) is 5. The molecular weight excluding hydrogens is 316 g/mol. The average Bonchev–Trinajstić information content (AvgIpc) is 2.86. The van der Waals surface area contributed by atoms with Gasteiger partial charge in [-0.1, -0.05) is 0 Å². The molecule has 0 unspecified atom stereocenters. The van der Waals surface area contributed by atoms with Crippen molar-refractivity contribution in [3.8, 4) is 0 Å². The summed E-state index contributed by atoms with van der Waals surface area (Å²) in [6, 6.07) is -0.137. The molecule has 0 radical (unpaired) electrons. The predicted molar refractivity (Wildman–Crippen MR) is 86.2 cm³/mol. The van der Waals surface area contributed by atoms with E-state index in [0.29, 0.717) is 30.9 Å². The van der Waals surface area contributed by atoms with Gasteiger partial charge in [-0.05, 0) is 21.0 Å². The number of likely N-dealkylation sites (N-methyl/N-ethyl adjacent to an activating group) is 1. The molecule has 2 saturated heterocycles. The number of hydrogen-bond donors (Lipinski definition) is 0. The number of carbonyl (C=O) groups is 1. The van der Waals surface area contributed by atoms with Gasteiger partial charge in [0.25, 0.3) is 11.8 Å². The van der Waals surface area contributed by atoms with Gasteiger partial charge in [0.1, 0.15) is 0 Å². The quantitative estimate of drug-likeness (QED) is 0.814. The fourth-order valence-electron chi connectivity index (χ4n) is 3.75. The lowest BCUT2D eigenvalue weighted by molar-refractivity contribution is -0.0115.